The van der Waals surface area contributed by atoms with Crippen LogP contribution in [-0.4, -0.2) is 32.4 Å². The third-order valence-corrected chi connectivity index (χ3v) is 4.65. The summed E-state index contributed by atoms with van der Waals surface area (Å²) in [6.45, 7) is 6.70. The Morgan fingerprint density at radius 2 is 2.04 bits per heavy atom. The zero-order valence-corrected chi connectivity index (χ0v) is 16.2. The molecule has 9 heteroatoms. The highest BCUT2D eigenvalue weighted by atomic mass is 32.1. The molecule has 3 rings (SSSR count). The lowest BCUT2D eigenvalue weighted by Crippen LogP contribution is -2.15. The minimum atomic E-state index is -0.632. The topological polar surface area (TPSA) is 103 Å². The summed E-state index contributed by atoms with van der Waals surface area (Å²) in [5, 5.41) is 1.75. The van der Waals surface area contributed by atoms with Gasteiger partial charge in [-0.1, -0.05) is 0 Å². The van der Waals surface area contributed by atoms with E-state index < -0.39 is 11.9 Å². The van der Waals surface area contributed by atoms with Crippen LogP contribution in [0.25, 0.3) is 4.96 Å². The van der Waals surface area contributed by atoms with Gasteiger partial charge in [0.15, 0.2) is 4.96 Å². The number of carbonyl (C=O) groups excluding carboxylic acids is 2. The molecule has 0 amide bonds. The number of aryl methyl sites for hydroxylation is 1. The molecule has 0 bridgehead atoms. The van der Waals surface area contributed by atoms with E-state index in [1.54, 1.807) is 39.3 Å². The minimum absolute atomic E-state index is 0.147. The molecule has 0 fully saturated rings. The van der Waals surface area contributed by atoms with E-state index in [-0.39, 0.29) is 24.0 Å². The number of ether oxygens (including phenoxy) is 2. The summed E-state index contributed by atoms with van der Waals surface area (Å²) in [6.07, 6.45) is 1.37. The van der Waals surface area contributed by atoms with Crippen molar-refractivity contribution in [1.29, 1.82) is 0 Å². The van der Waals surface area contributed by atoms with E-state index in [9.17, 15) is 14.4 Å². The molecule has 142 valence electrons. The second-order valence-electron chi connectivity index (χ2n) is 6.30. The van der Waals surface area contributed by atoms with Crippen molar-refractivity contribution in [3.8, 4) is 0 Å². The number of carbonyl (C=O) groups is 2. The van der Waals surface area contributed by atoms with Gasteiger partial charge in [0.2, 0.25) is 0 Å². The van der Waals surface area contributed by atoms with E-state index in [1.807, 2.05) is 0 Å². The molecule has 0 saturated heterocycles. The average Bonchev–Trinajstić information content (AvgIpc) is 3.16. The van der Waals surface area contributed by atoms with Gasteiger partial charge in [-0.3, -0.25) is 9.20 Å². The Balaban J connectivity index is 1.78. The number of thiazole rings is 1. The van der Waals surface area contributed by atoms with Crippen LogP contribution in [0, 0.1) is 13.8 Å². The Morgan fingerprint density at radius 3 is 2.74 bits per heavy atom. The molecule has 0 aliphatic carbocycles. The van der Waals surface area contributed by atoms with Crippen LogP contribution in [0.3, 0.4) is 0 Å². The lowest BCUT2D eigenvalue weighted by Gasteiger charge is -2.08. The summed E-state index contributed by atoms with van der Waals surface area (Å²) in [4.78, 5) is 44.3. The molecule has 1 N–H and O–H groups in total. The molecule has 0 unspecified atom stereocenters. The third-order valence-electron chi connectivity index (χ3n) is 3.90. The first-order valence-corrected chi connectivity index (χ1v) is 9.19. The number of aromatic nitrogens is 3. The number of hydrogen-bond donors (Lipinski definition) is 1. The van der Waals surface area contributed by atoms with Crippen molar-refractivity contribution in [3.63, 3.8) is 0 Å². The molecule has 3 heterocycles. The van der Waals surface area contributed by atoms with Gasteiger partial charge < -0.3 is 14.5 Å². The first kappa shape index (κ1) is 18.8. The third kappa shape index (κ3) is 3.77. The van der Waals surface area contributed by atoms with E-state index in [0.29, 0.717) is 27.5 Å². The molecule has 27 heavy (non-hydrogen) atoms. The lowest BCUT2D eigenvalue weighted by molar-refractivity contribution is 0.0376. The highest BCUT2D eigenvalue weighted by Gasteiger charge is 2.24. The first-order valence-electron chi connectivity index (χ1n) is 8.31. The van der Waals surface area contributed by atoms with Gasteiger partial charge in [0.05, 0.1) is 17.4 Å². The van der Waals surface area contributed by atoms with Crippen molar-refractivity contribution < 1.29 is 19.1 Å². The fraction of sp³-hybridized carbons (Fsp3) is 0.333. The fourth-order valence-corrected chi connectivity index (χ4v) is 3.45. The van der Waals surface area contributed by atoms with Crippen LogP contribution < -0.4 is 5.56 Å². The van der Waals surface area contributed by atoms with Gasteiger partial charge in [0.1, 0.15) is 12.3 Å². The van der Waals surface area contributed by atoms with Crippen LogP contribution in [0.2, 0.25) is 0 Å². The Labute approximate surface area is 158 Å². The molecule has 0 spiro atoms. The molecule has 8 nitrogen and oxygen atoms in total. The Morgan fingerprint density at radius 1 is 1.30 bits per heavy atom. The van der Waals surface area contributed by atoms with Crippen molar-refractivity contribution in [1.82, 2.24) is 14.4 Å². The van der Waals surface area contributed by atoms with Crippen LogP contribution in [0.1, 0.15) is 51.6 Å². The van der Waals surface area contributed by atoms with Crippen molar-refractivity contribution in [2.45, 2.75) is 40.4 Å². The van der Waals surface area contributed by atoms with Gasteiger partial charge in [-0.25, -0.2) is 14.6 Å². The van der Waals surface area contributed by atoms with E-state index in [1.165, 1.54) is 21.8 Å². The number of hydrogen-bond acceptors (Lipinski definition) is 7. The van der Waals surface area contributed by atoms with Gasteiger partial charge in [-0.2, -0.15) is 0 Å². The maximum atomic E-state index is 12.4. The normalized spacial score (nSPS) is 11.1. The van der Waals surface area contributed by atoms with E-state index in [4.69, 9.17) is 9.47 Å². The monoisotopic (exact) mass is 389 g/mol. The molecular weight excluding hydrogens is 370 g/mol. The van der Waals surface area contributed by atoms with E-state index >= 15 is 0 Å². The Hall–Kier alpha value is -2.94. The maximum Gasteiger partial charge on any atom is 0.355 e. The van der Waals surface area contributed by atoms with Crippen LogP contribution in [0.4, 0.5) is 0 Å². The Bertz CT molecular complexity index is 1080. The number of nitrogens with zero attached hydrogens (tertiary/aromatic N) is 2. The molecule has 0 aliphatic rings. The number of fused-ring (bicyclic) bond motifs is 1. The summed E-state index contributed by atoms with van der Waals surface area (Å²) in [5.74, 6) is -1.12. The van der Waals surface area contributed by atoms with Gasteiger partial charge in [-0.05, 0) is 33.3 Å². The van der Waals surface area contributed by atoms with Gasteiger partial charge in [-0.15, -0.1) is 11.3 Å². The van der Waals surface area contributed by atoms with Crippen LogP contribution in [-0.2, 0) is 16.1 Å². The van der Waals surface area contributed by atoms with Crippen LogP contribution >= 0.6 is 11.3 Å². The standard InChI is InChI=1S/C18H19N3O5S/c1-9(2)26-16(23)14-10(3)15(19-11(14)4)17(24)25-8-12-7-13(22)21-5-6-27-18(21)20-12/h5-7,9,19H,8H2,1-4H3. The highest BCUT2D eigenvalue weighted by Crippen LogP contribution is 2.20. The lowest BCUT2D eigenvalue weighted by atomic mass is 10.1. The maximum absolute atomic E-state index is 12.4. The van der Waals surface area contributed by atoms with Crippen LogP contribution in [0.5, 0.6) is 0 Å². The second-order valence-corrected chi connectivity index (χ2v) is 7.17. The quantitative estimate of drug-likeness (QED) is 0.673. The second kappa shape index (κ2) is 7.36. The summed E-state index contributed by atoms with van der Waals surface area (Å²) < 4.78 is 11.9. The van der Waals surface area contributed by atoms with Gasteiger partial charge in [0.25, 0.3) is 5.56 Å². The summed E-state index contributed by atoms with van der Waals surface area (Å²) >= 11 is 1.32. The zero-order chi connectivity index (χ0) is 19.7. The van der Waals surface area contributed by atoms with E-state index in [0.717, 1.165) is 0 Å². The number of esters is 2. The van der Waals surface area contributed by atoms with Crippen molar-refractivity contribution >= 4 is 28.2 Å². The first-order chi connectivity index (χ1) is 12.8. The molecule has 0 saturated carbocycles. The molecule has 3 aromatic rings. The summed E-state index contributed by atoms with van der Waals surface area (Å²) in [7, 11) is 0. The zero-order valence-electron chi connectivity index (χ0n) is 15.4. The highest BCUT2D eigenvalue weighted by molar-refractivity contribution is 7.15. The number of nitrogens with one attached hydrogen (secondary N) is 1. The van der Waals surface area contributed by atoms with Gasteiger partial charge in [0, 0.05) is 23.3 Å². The van der Waals surface area contributed by atoms with Crippen molar-refractivity contribution in [2.75, 3.05) is 0 Å². The SMILES string of the molecule is Cc1[nH]c(C(=O)OCc2cc(=O)n3ccsc3n2)c(C)c1C(=O)OC(C)C. The summed E-state index contributed by atoms with van der Waals surface area (Å²) in [5.41, 5.74) is 1.62. The summed E-state index contributed by atoms with van der Waals surface area (Å²) in [6, 6.07) is 1.32. The smallest absolute Gasteiger partial charge is 0.355 e. The average molecular weight is 389 g/mol. The number of H-pyrrole nitrogens is 1. The minimum Gasteiger partial charge on any atom is -0.459 e. The Kier molecular flexibility index (Phi) is 5.13. The number of rotatable bonds is 5. The van der Waals surface area contributed by atoms with E-state index in [2.05, 4.69) is 9.97 Å². The molecule has 0 aromatic carbocycles. The fourth-order valence-electron chi connectivity index (χ4n) is 2.71. The molecule has 3 aromatic heterocycles. The number of aromatic amines is 1. The predicted molar refractivity (Wildman–Crippen MR) is 99.3 cm³/mol. The molecule has 0 aliphatic heterocycles. The van der Waals surface area contributed by atoms with Crippen LogP contribution in [0.15, 0.2) is 22.4 Å². The largest absolute Gasteiger partial charge is 0.459 e. The van der Waals surface area contributed by atoms with Crippen molar-refractivity contribution in [2.24, 2.45) is 0 Å². The van der Waals surface area contributed by atoms with Gasteiger partial charge >= 0.3 is 11.9 Å². The predicted octanol–water partition coefficient (Wildman–Crippen LogP) is 2.62. The molecule has 0 radical (unpaired) electrons. The van der Waals surface area contributed by atoms with Crippen molar-refractivity contribution in [3.05, 3.63) is 56.2 Å². The molecular formula is C18H19N3O5S. The molecule has 0 atom stereocenters.